The van der Waals surface area contributed by atoms with Gasteiger partial charge in [-0.15, -0.1) is 0 Å². The van der Waals surface area contributed by atoms with E-state index in [1.165, 1.54) is 57.9 Å². The minimum Gasteiger partial charge on any atom is -0.325 e. The summed E-state index contributed by atoms with van der Waals surface area (Å²) in [5.41, 5.74) is 1.63. The zero-order valence-corrected chi connectivity index (χ0v) is 12.8. The highest BCUT2D eigenvalue weighted by Gasteiger charge is 2.11. The molecular formula is C15H31ClN+. The molecule has 0 heterocycles. The minimum absolute atomic E-state index is 1.04. The van der Waals surface area contributed by atoms with Crippen molar-refractivity contribution in [2.24, 2.45) is 0 Å². The van der Waals surface area contributed by atoms with Crippen LogP contribution in [-0.2, 0) is 0 Å². The lowest BCUT2D eigenvalue weighted by molar-refractivity contribution is -0.884. The van der Waals surface area contributed by atoms with E-state index < -0.39 is 0 Å². The highest BCUT2D eigenvalue weighted by Crippen LogP contribution is 2.10. The van der Waals surface area contributed by atoms with Gasteiger partial charge in [-0.2, -0.15) is 0 Å². The fourth-order valence-electron chi connectivity index (χ4n) is 2.09. The van der Waals surface area contributed by atoms with Crippen molar-refractivity contribution in [3.63, 3.8) is 0 Å². The third kappa shape index (κ3) is 12.2. The maximum absolute atomic E-state index is 5.56. The Kier molecular flexibility index (Phi) is 11.1. The summed E-state index contributed by atoms with van der Waals surface area (Å²) < 4.78 is 1.05. The molecule has 0 saturated heterocycles. The zero-order chi connectivity index (χ0) is 13.0. The fourth-order valence-corrected chi connectivity index (χ4v) is 2.17. The van der Waals surface area contributed by atoms with Crippen LogP contribution in [0.1, 0.15) is 58.3 Å². The van der Waals surface area contributed by atoms with Gasteiger partial charge in [-0.05, 0) is 18.9 Å². The molecule has 102 valence electrons. The van der Waals surface area contributed by atoms with E-state index >= 15 is 0 Å². The molecule has 2 heteroatoms. The molecule has 0 aromatic carbocycles. The highest BCUT2D eigenvalue weighted by molar-refractivity contribution is 6.25. The number of unbranched alkanes of at least 4 members (excludes halogenated alkanes) is 7. The second-order valence-corrected chi connectivity index (χ2v) is 5.93. The number of rotatable bonds is 11. The van der Waals surface area contributed by atoms with E-state index in [0.717, 1.165) is 11.0 Å². The predicted octanol–water partition coefficient (Wildman–Crippen LogP) is 4.96. The molecule has 0 unspecified atom stereocenters. The number of hydrogen-bond donors (Lipinski definition) is 0. The van der Waals surface area contributed by atoms with Crippen LogP contribution in [0.15, 0.2) is 11.6 Å². The first-order valence-electron chi connectivity index (χ1n) is 7.19. The quantitative estimate of drug-likeness (QED) is 0.364. The summed E-state index contributed by atoms with van der Waals surface area (Å²) in [4.78, 5) is 0. The number of likely N-dealkylation sites (N-methyl/N-ethyl adjacent to an activating group) is 1. The van der Waals surface area contributed by atoms with Gasteiger partial charge in [0.25, 0.3) is 0 Å². The van der Waals surface area contributed by atoms with Gasteiger partial charge in [0, 0.05) is 5.54 Å². The van der Waals surface area contributed by atoms with Crippen LogP contribution in [0.2, 0.25) is 0 Å². The second kappa shape index (κ2) is 11.1. The lowest BCUT2D eigenvalue weighted by Crippen LogP contribution is -2.40. The van der Waals surface area contributed by atoms with Crippen molar-refractivity contribution in [2.45, 2.75) is 58.3 Å². The molecule has 0 fully saturated rings. The van der Waals surface area contributed by atoms with Gasteiger partial charge in [0.1, 0.15) is 0 Å². The maximum Gasteiger partial charge on any atom is 0.0981 e. The summed E-state index contributed by atoms with van der Waals surface area (Å²) in [6, 6.07) is 0. The summed E-state index contributed by atoms with van der Waals surface area (Å²) >= 11 is 5.56. The molecule has 0 radical (unpaired) electrons. The van der Waals surface area contributed by atoms with Crippen molar-refractivity contribution < 1.29 is 4.48 Å². The summed E-state index contributed by atoms with van der Waals surface area (Å²) in [5, 5.41) is 0. The van der Waals surface area contributed by atoms with Crippen LogP contribution in [0.5, 0.6) is 0 Å². The van der Waals surface area contributed by atoms with Crippen molar-refractivity contribution in [1.82, 2.24) is 0 Å². The molecular weight excluding hydrogens is 230 g/mol. The minimum atomic E-state index is 1.04. The van der Waals surface area contributed by atoms with Crippen molar-refractivity contribution in [2.75, 3.05) is 27.2 Å². The van der Waals surface area contributed by atoms with E-state index in [-0.39, 0.29) is 0 Å². The van der Waals surface area contributed by atoms with Crippen LogP contribution in [0.3, 0.4) is 0 Å². The topological polar surface area (TPSA) is 0 Å². The Morgan fingerprint density at radius 1 is 0.882 bits per heavy atom. The molecule has 0 aromatic heterocycles. The molecule has 0 atom stereocenters. The Balaban J connectivity index is 3.32. The lowest BCUT2D eigenvalue weighted by Gasteiger charge is -2.28. The SMILES string of the molecule is CCCCCCCCCC[N+](C)(C)CC=CCl. The first kappa shape index (κ1) is 17.0. The lowest BCUT2D eigenvalue weighted by atomic mass is 10.1. The van der Waals surface area contributed by atoms with Crippen molar-refractivity contribution in [3.8, 4) is 0 Å². The van der Waals surface area contributed by atoms with E-state index in [9.17, 15) is 0 Å². The van der Waals surface area contributed by atoms with Crippen molar-refractivity contribution >= 4 is 11.6 Å². The van der Waals surface area contributed by atoms with Crippen molar-refractivity contribution in [3.05, 3.63) is 11.6 Å². The number of halogens is 1. The molecule has 0 aliphatic carbocycles. The standard InChI is InChI=1S/C15H31ClN/c1-4-5-6-7-8-9-10-11-14-17(2,3)15-12-13-16/h12-13H,4-11,14-15H2,1-3H3/q+1. The Hall–Kier alpha value is -0.0100. The Labute approximate surface area is 113 Å². The van der Waals surface area contributed by atoms with E-state index in [1.54, 1.807) is 5.54 Å². The summed E-state index contributed by atoms with van der Waals surface area (Å²) in [6.45, 7) is 4.57. The highest BCUT2D eigenvalue weighted by atomic mass is 35.5. The number of nitrogens with zero attached hydrogens (tertiary/aromatic N) is 1. The van der Waals surface area contributed by atoms with Gasteiger partial charge in [0.05, 0.1) is 27.2 Å². The molecule has 0 rings (SSSR count). The van der Waals surface area contributed by atoms with E-state index in [1.807, 2.05) is 6.08 Å². The van der Waals surface area contributed by atoms with Gasteiger partial charge in [0.15, 0.2) is 0 Å². The summed E-state index contributed by atoms with van der Waals surface area (Å²) in [6.07, 6.45) is 13.2. The molecule has 0 aliphatic rings. The first-order chi connectivity index (χ1) is 8.12. The molecule has 0 bridgehead atoms. The molecule has 0 spiro atoms. The van der Waals surface area contributed by atoms with Gasteiger partial charge in [-0.1, -0.05) is 57.0 Å². The van der Waals surface area contributed by atoms with Crippen LogP contribution in [-0.4, -0.2) is 31.7 Å². The molecule has 0 saturated carbocycles. The second-order valence-electron chi connectivity index (χ2n) is 5.68. The van der Waals surface area contributed by atoms with Crippen LogP contribution in [0, 0.1) is 0 Å². The number of hydrogen-bond acceptors (Lipinski definition) is 0. The van der Waals surface area contributed by atoms with Crippen LogP contribution in [0.25, 0.3) is 0 Å². The van der Waals surface area contributed by atoms with Gasteiger partial charge >= 0.3 is 0 Å². The van der Waals surface area contributed by atoms with Gasteiger partial charge in [-0.25, -0.2) is 0 Å². The smallest absolute Gasteiger partial charge is 0.0981 e. The van der Waals surface area contributed by atoms with Crippen LogP contribution >= 0.6 is 11.6 Å². The van der Waals surface area contributed by atoms with Gasteiger partial charge in [0.2, 0.25) is 0 Å². The molecule has 1 nitrogen and oxygen atoms in total. The maximum atomic E-state index is 5.56. The summed E-state index contributed by atoms with van der Waals surface area (Å²) in [7, 11) is 4.55. The molecule has 0 aromatic rings. The molecule has 0 N–H and O–H groups in total. The third-order valence-electron chi connectivity index (χ3n) is 3.31. The van der Waals surface area contributed by atoms with Crippen LogP contribution in [0.4, 0.5) is 0 Å². The van der Waals surface area contributed by atoms with E-state index in [0.29, 0.717) is 0 Å². The van der Waals surface area contributed by atoms with Crippen LogP contribution < -0.4 is 0 Å². The average molecular weight is 261 g/mol. The molecule has 0 aliphatic heterocycles. The van der Waals surface area contributed by atoms with E-state index in [4.69, 9.17) is 11.6 Å². The van der Waals surface area contributed by atoms with Gasteiger partial charge in [-0.3, -0.25) is 0 Å². The third-order valence-corrected chi connectivity index (χ3v) is 3.48. The van der Waals surface area contributed by atoms with E-state index in [2.05, 4.69) is 21.0 Å². The first-order valence-corrected chi connectivity index (χ1v) is 7.63. The normalized spacial score (nSPS) is 12.5. The fraction of sp³-hybridized carbons (Fsp3) is 0.867. The largest absolute Gasteiger partial charge is 0.325 e. The molecule has 17 heavy (non-hydrogen) atoms. The summed E-state index contributed by atoms with van der Waals surface area (Å²) in [5.74, 6) is 0. The average Bonchev–Trinajstić information content (AvgIpc) is 2.30. The van der Waals surface area contributed by atoms with Gasteiger partial charge < -0.3 is 4.48 Å². The molecule has 0 amide bonds. The Morgan fingerprint density at radius 2 is 1.41 bits per heavy atom. The monoisotopic (exact) mass is 260 g/mol. The Morgan fingerprint density at radius 3 is 1.94 bits per heavy atom. The predicted molar refractivity (Wildman–Crippen MR) is 79.4 cm³/mol. The Bertz CT molecular complexity index is 187. The number of quaternary nitrogens is 1. The zero-order valence-electron chi connectivity index (χ0n) is 12.1. The van der Waals surface area contributed by atoms with Crippen molar-refractivity contribution in [1.29, 1.82) is 0 Å².